The van der Waals surface area contributed by atoms with Crippen molar-refractivity contribution in [3.63, 3.8) is 0 Å². The van der Waals surface area contributed by atoms with E-state index in [1.54, 1.807) is 0 Å². The number of hydrogen-bond acceptors (Lipinski definition) is 9. The molecule has 5 N–H and O–H groups in total. The average Bonchev–Trinajstić information content (AvgIpc) is 2.27. The van der Waals surface area contributed by atoms with Crippen molar-refractivity contribution in [3.05, 3.63) is 0 Å². The van der Waals surface area contributed by atoms with E-state index in [2.05, 4.69) is 5.32 Å². The maximum Gasteiger partial charge on any atom is 1.00 e. The number of rotatable bonds is 10. The van der Waals surface area contributed by atoms with Gasteiger partial charge in [-0.25, -0.2) is 0 Å². The van der Waals surface area contributed by atoms with Crippen LogP contribution >= 0.6 is 15.2 Å². The van der Waals surface area contributed by atoms with Crippen molar-refractivity contribution in [1.82, 2.24) is 5.32 Å². The number of nitrogens with two attached hydrogens (primary N) is 2. The molecule has 0 heterocycles. The van der Waals surface area contributed by atoms with Gasteiger partial charge in [-0.2, -0.15) is 0 Å². The summed E-state index contributed by atoms with van der Waals surface area (Å²) in [5.41, 5.74) is 10.3. The SMILES string of the molecule is NCCNCCN.O=P([O-])([O-])CCCCCP(=O)([O-])[O-].[K+].[K+].[K+].[K+]. The molecule has 0 aromatic heterocycles. The molecule has 0 bridgehead atoms. The van der Waals surface area contributed by atoms with Crippen molar-refractivity contribution < 1.29 is 234 Å². The monoisotopic (exact) mass is 487 g/mol. The van der Waals surface area contributed by atoms with E-state index >= 15 is 0 Å². The molecule has 0 saturated heterocycles. The third kappa shape index (κ3) is 51.4. The topological polar surface area (TPSA) is 190 Å². The zero-order valence-electron chi connectivity index (χ0n) is 15.4. The van der Waals surface area contributed by atoms with E-state index in [4.69, 9.17) is 11.5 Å². The fourth-order valence-electron chi connectivity index (χ4n) is 1.12. The van der Waals surface area contributed by atoms with Crippen molar-refractivity contribution in [1.29, 1.82) is 0 Å². The van der Waals surface area contributed by atoms with E-state index < -0.39 is 27.5 Å². The van der Waals surface area contributed by atoms with E-state index in [9.17, 15) is 28.7 Å². The largest absolute Gasteiger partial charge is 1.00 e. The molecule has 0 fully saturated rings. The van der Waals surface area contributed by atoms with E-state index in [0.717, 1.165) is 13.1 Å². The van der Waals surface area contributed by atoms with Crippen molar-refractivity contribution in [2.45, 2.75) is 19.3 Å². The molecule has 0 spiro atoms. The number of nitrogens with one attached hydrogen (secondary N) is 1. The second-order valence-corrected chi connectivity index (χ2v) is 7.40. The number of unbranched alkanes of at least 4 members (excludes halogenated alkanes) is 2. The minimum Gasteiger partial charge on any atom is -0.811 e. The van der Waals surface area contributed by atoms with Crippen LogP contribution in [0.4, 0.5) is 0 Å². The summed E-state index contributed by atoms with van der Waals surface area (Å²) < 4.78 is 20.2. The van der Waals surface area contributed by atoms with Gasteiger partial charge in [0.15, 0.2) is 0 Å². The van der Waals surface area contributed by atoms with Gasteiger partial charge in [0.1, 0.15) is 0 Å². The van der Waals surface area contributed by atoms with Crippen LogP contribution in [-0.4, -0.2) is 38.5 Å². The second kappa shape index (κ2) is 29.7. The number of hydrogen-bond donors (Lipinski definition) is 3. The molecule has 0 rings (SSSR count). The summed E-state index contributed by atoms with van der Waals surface area (Å²) in [7, 11) is -8.94. The van der Waals surface area contributed by atoms with E-state index in [0.29, 0.717) is 13.1 Å². The van der Waals surface area contributed by atoms with Crippen LogP contribution in [0.15, 0.2) is 0 Å². The van der Waals surface area contributed by atoms with Crippen molar-refractivity contribution in [2.24, 2.45) is 11.5 Å². The van der Waals surface area contributed by atoms with Crippen LogP contribution in [0, 0.1) is 0 Å². The van der Waals surface area contributed by atoms with E-state index in [1.165, 1.54) is 0 Å². The van der Waals surface area contributed by atoms with Gasteiger partial charge in [-0.3, -0.25) is 0 Å². The molecule has 0 atom stereocenters. The van der Waals surface area contributed by atoms with Crippen molar-refractivity contribution in [2.75, 3.05) is 38.5 Å². The molecule has 0 aliphatic carbocycles. The average molecular weight is 488 g/mol. The zero-order chi connectivity index (χ0) is 16.1. The molecule has 0 aliphatic rings. The molecule has 24 heavy (non-hydrogen) atoms. The predicted molar refractivity (Wildman–Crippen MR) is 69.8 cm³/mol. The van der Waals surface area contributed by atoms with Gasteiger partial charge < -0.3 is 45.5 Å². The molecule has 0 aliphatic heterocycles. The van der Waals surface area contributed by atoms with Crippen LogP contribution < -0.4 is 242 Å². The Bertz CT molecular complexity index is 294. The fraction of sp³-hybridized carbons (Fsp3) is 1.00. The minimum atomic E-state index is -4.47. The molecule has 15 heteroatoms. The molecule has 124 valence electrons. The third-order valence-corrected chi connectivity index (χ3v) is 3.73. The summed E-state index contributed by atoms with van der Waals surface area (Å²) in [5, 5.41) is 3.03. The maximum atomic E-state index is 10.1. The van der Waals surface area contributed by atoms with Crippen LogP contribution in [0.5, 0.6) is 0 Å². The summed E-state index contributed by atoms with van der Waals surface area (Å²) in [6.45, 7) is 3.13. The van der Waals surface area contributed by atoms with E-state index in [-0.39, 0.29) is 225 Å². The first-order valence-corrected chi connectivity index (χ1v) is 9.71. The molecular formula is C9H23K4N3O6P2. The van der Waals surface area contributed by atoms with Gasteiger partial charge in [-0.05, 0) is 25.2 Å². The summed E-state index contributed by atoms with van der Waals surface area (Å²) in [6, 6.07) is 0. The van der Waals surface area contributed by atoms with Crippen LogP contribution in [0.25, 0.3) is 0 Å². The Kier molecular flexibility index (Phi) is 55.0. The summed E-state index contributed by atoms with van der Waals surface area (Å²) in [6.07, 6.45) is -0.457. The minimum absolute atomic E-state index is 0. The van der Waals surface area contributed by atoms with Gasteiger partial charge >= 0.3 is 206 Å². The Morgan fingerprint density at radius 3 is 1.17 bits per heavy atom. The van der Waals surface area contributed by atoms with Crippen molar-refractivity contribution >= 4 is 15.2 Å². The fourth-order valence-corrected chi connectivity index (χ4v) is 2.34. The summed E-state index contributed by atoms with van der Waals surface area (Å²) in [4.78, 5) is 40.3. The summed E-state index contributed by atoms with van der Waals surface area (Å²) in [5.74, 6) is 0. The smallest absolute Gasteiger partial charge is 0.811 e. The van der Waals surface area contributed by atoms with Gasteiger partial charge in [0, 0.05) is 26.2 Å². The first kappa shape index (κ1) is 44.4. The van der Waals surface area contributed by atoms with Crippen LogP contribution in [0.2, 0.25) is 0 Å². The van der Waals surface area contributed by atoms with Gasteiger partial charge in [-0.15, -0.1) is 0 Å². The quantitative estimate of drug-likeness (QED) is 0.152. The van der Waals surface area contributed by atoms with Gasteiger partial charge in [0.05, 0.1) is 0 Å². The van der Waals surface area contributed by atoms with Gasteiger partial charge in [0.2, 0.25) is 0 Å². The predicted octanol–water partition coefficient (Wildman–Crippen LogP) is -15.5. The Labute approximate surface area is 315 Å². The third-order valence-electron chi connectivity index (χ3n) is 2.01. The Morgan fingerprint density at radius 2 is 0.958 bits per heavy atom. The van der Waals surface area contributed by atoms with Crippen LogP contribution in [0.3, 0.4) is 0 Å². The maximum absolute atomic E-state index is 10.1. The zero-order valence-corrected chi connectivity index (χ0v) is 29.6. The Morgan fingerprint density at radius 1 is 0.667 bits per heavy atom. The molecule has 0 radical (unpaired) electrons. The molecule has 9 nitrogen and oxygen atoms in total. The van der Waals surface area contributed by atoms with Gasteiger partial charge in [-0.1, -0.05) is 21.6 Å². The molecule has 0 amide bonds. The first-order chi connectivity index (χ1) is 9.12. The normalized spacial score (nSPS) is 9.92. The molecular weight excluding hydrogens is 464 g/mol. The van der Waals surface area contributed by atoms with Crippen LogP contribution in [-0.2, 0) is 9.13 Å². The van der Waals surface area contributed by atoms with Gasteiger partial charge in [0.25, 0.3) is 0 Å². The molecule has 0 unspecified atom stereocenters. The van der Waals surface area contributed by atoms with Crippen molar-refractivity contribution in [3.8, 4) is 0 Å². The molecule has 0 aromatic carbocycles. The summed E-state index contributed by atoms with van der Waals surface area (Å²) >= 11 is 0. The first-order valence-electron chi connectivity index (χ1n) is 6.25. The van der Waals surface area contributed by atoms with E-state index in [1.807, 2.05) is 0 Å². The standard InChI is InChI=1S/C5H14O6P2.C4H13N3.4K/c6-12(7,8)4-2-1-3-5-13(9,10)11;5-1-3-7-4-2-6;;;;/h1-5H2,(H2,6,7,8)(H2,9,10,11);7H,1-6H2;;;;/q;;4*+1/p-4. The Hall–Kier alpha value is 6.73. The molecule has 0 aromatic rings. The Balaban J connectivity index is -0.0000000650. The second-order valence-electron chi connectivity index (χ2n) is 4.06. The molecule has 0 saturated carbocycles. The van der Waals surface area contributed by atoms with Crippen LogP contribution in [0.1, 0.15) is 19.3 Å².